The number of hydrogen-bond donors (Lipinski definition) is 0. The maximum Gasteiger partial charge on any atom is 0.263 e. The van der Waals surface area contributed by atoms with E-state index < -0.39 is 0 Å². The number of nitrogens with zero attached hydrogens (tertiary/aromatic N) is 3. The highest BCUT2D eigenvalue weighted by atomic mass is 32.1. The molecule has 0 spiro atoms. The summed E-state index contributed by atoms with van der Waals surface area (Å²) in [6, 6.07) is 4.04. The van der Waals surface area contributed by atoms with E-state index in [2.05, 4.69) is 18.1 Å². The van der Waals surface area contributed by atoms with Gasteiger partial charge in [-0.3, -0.25) is 9.48 Å². The molecule has 0 aromatic carbocycles. The fourth-order valence-corrected chi connectivity index (χ4v) is 4.20. The molecule has 0 saturated heterocycles. The molecule has 1 aliphatic carbocycles. The van der Waals surface area contributed by atoms with Gasteiger partial charge in [0.1, 0.15) is 0 Å². The summed E-state index contributed by atoms with van der Waals surface area (Å²) in [5, 5.41) is 4.20. The Bertz CT molecular complexity index is 632. The normalized spacial score (nSPS) is 17.3. The average molecular weight is 317 g/mol. The fourth-order valence-electron chi connectivity index (χ4n) is 3.03. The zero-order valence-electron chi connectivity index (χ0n) is 13.3. The zero-order valence-corrected chi connectivity index (χ0v) is 14.1. The largest absolute Gasteiger partial charge is 0.336 e. The van der Waals surface area contributed by atoms with Gasteiger partial charge in [0.05, 0.1) is 11.4 Å². The topological polar surface area (TPSA) is 38.1 Å². The third-order valence-corrected chi connectivity index (χ3v) is 5.59. The molecule has 2 heterocycles. The summed E-state index contributed by atoms with van der Waals surface area (Å²) in [5.74, 6) is 0.911. The quantitative estimate of drug-likeness (QED) is 0.849. The molecule has 0 radical (unpaired) electrons. The van der Waals surface area contributed by atoms with Crippen molar-refractivity contribution >= 4 is 17.2 Å². The molecular formula is C17H23N3OS. The molecule has 3 rings (SSSR count). The van der Waals surface area contributed by atoms with E-state index in [0.717, 1.165) is 36.7 Å². The van der Waals surface area contributed by atoms with Crippen LogP contribution >= 0.6 is 11.3 Å². The highest BCUT2D eigenvalue weighted by Crippen LogP contribution is 2.32. The van der Waals surface area contributed by atoms with Crippen molar-refractivity contribution in [1.29, 1.82) is 0 Å². The maximum atomic E-state index is 12.7. The van der Waals surface area contributed by atoms with Crippen LogP contribution in [-0.4, -0.2) is 33.7 Å². The third-order valence-electron chi connectivity index (χ3n) is 4.37. The zero-order chi connectivity index (χ0) is 15.5. The molecule has 1 amide bonds. The summed E-state index contributed by atoms with van der Waals surface area (Å²) in [6.45, 7) is 6.52. The number of aryl methyl sites for hydroxylation is 1. The van der Waals surface area contributed by atoms with Crippen molar-refractivity contribution in [3.8, 4) is 0 Å². The standard InChI is InChI=1S/C17H23N3OS/c1-3-19(9-10-20-8-4-7-18-20)17(21)16-12-14-11-13(2)5-6-15(14)22-16/h4,7-8,12-13H,3,5-6,9-11H2,1-2H3/t13-/m0/s1. The molecule has 0 N–H and O–H groups in total. The number of hydrogen-bond acceptors (Lipinski definition) is 3. The van der Waals surface area contributed by atoms with Crippen LogP contribution in [0.4, 0.5) is 0 Å². The minimum Gasteiger partial charge on any atom is -0.336 e. The van der Waals surface area contributed by atoms with Crippen molar-refractivity contribution < 1.29 is 4.79 Å². The summed E-state index contributed by atoms with van der Waals surface area (Å²) in [4.78, 5) is 17.0. The Labute approximate surface area is 135 Å². The predicted molar refractivity (Wildman–Crippen MR) is 89.3 cm³/mol. The number of likely N-dealkylation sites (N-methyl/N-ethyl adjacent to an activating group) is 1. The predicted octanol–water partition coefficient (Wildman–Crippen LogP) is 3.23. The first-order valence-electron chi connectivity index (χ1n) is 8.05. The van der Waals surface area contributed by atoms with Crippen molar-refractivity contribution in [2.45, 2.75) is 39.7 Å². The van der Waals surface area contributed by atoms with Gasteiger partial charge in [0.2, 0.25) is 0 Å². The molecule has 0 fully saturated rings. The van der Waals surface area contributed by atoms with E-state index in [1.54, 1.807) is 17.5 Å². The van der Waals surface area contributed by atoms with Gasteiger partial charge in [-0.15, -0.1) is 11.3 Å². The maximum absolute atomic E-state index is 12.7. The van der Waals surface area contributed by atoms with Gasteiger partial charge < -0.3 is 4.90 Å². The Kier molecular flexibility index (Phi) is 4.62. The van der Waals surface area contributed by atoms with Gasteiger partial charge in [0, 0.05) is 30.4 Å². The lowest BCUT2D eigenvalue weighted by Crippen LogP contribution is -2.33. The van der Waals surface area contributed by atoms with Gasteiger partial charge in [-0.1, -0.05) is 6.92 Å². The molecule has 2 aromatic heterocycles. The molecule has 22 heavy (non-hydrogen) atoms. The number of fused-ring (bicyclic) bond motifs is 1. The van der Waals surface area contributed by atoms with Gasteiger partial charge >= 0.3 is 0 Å². The van der Waals surface area contributed by atoms with Crippen LogP contribution in [0.3, 0.4) is 0 Å². The van der Waals surface area contributed by atoms with E-state index in [1.165, 1.54) is 16.9 Å². The number of rotatable bonds is 5. The van der Waals surface area contributed by atoms with Crippen LogP contribution in [0.1, 0.15) is 40.4 Å². The molecule has 1 aliphatic rings. The van der Waals surface area contributed by atoms with E-state index >= 15 is 0 Å². The van der Waals surface area contributed by atoms with Crippen molar-refractivity contribution in [2.24, 2.45) is 5.92 Å². The second-order valence-electron chi connectivity index (χ2n) is 6.06. The monoisotopic (exact) mass is 317 g/mol. The van der Waals surface area contributed by atoms with Crippen LogP contribution in [0.25, 0.3) is 0 Å². The van der Waals surface area contributed by atoms with Gasteiger partial charge in [0.25, 0.3) is 5.91 Å². The van der Waals surface area contributed by atoms with E-state index in [4.69, 9.17) is 0 Å². The molecule has 0 bridgehead atoms. The minimum absolute atomic E-state index is 0.168. The molecule has 5 heteroatoms. The summed E-state index contributed by atoms with van der Waals surface area (Å²) in [7, 11) is 0. The smallest absolute Gasteiger partial charge is 0.263 e. The van der Waals surface area contributed by atoms with Crippen LogP contribution in [0.5, 0.6) is 0 Å². The Hall–Kier alpha value is -1.62. The van der Waals surface area contributed by atoms with E-state index in [0.29, 0.717) is 6.54 Å². The second kappa shape index (κ2) is 6.65. The molecule has 0 aliphatic heterocycles. The van der Waals surface area contributed by atoms with Crippen LogP contribution in [0, 0.1) is 5.92 Å². The van der Waals surface area contributed by atoms with Crippen LogP contribution in [0.15, 0.2) is 24.5 Å². The number of thiophene rings is 1. The summed E-state index contributed by atoms with van der Waals surface area (Å²) in [5.41, 5.74) is 1.40. The molecule has 4 nitrogen and oxygen atoms in total. The fraction of sp³-hybridized carbons (Fsp3) is 0.529. The Morgan fingerprint density at radius 3 is 3.14 bits per heavy atom. The summed E-state index contributed by atoms with van der Waals surface area (Å²) >= 11 is 1.70. The molecule has 0 saturated carbocycles. The van der Waals surface area contributed by atoms with Crippen molar-refractivity contribution in [1.82, 2.24) is 14.7 Å². The van der Waals surface area contributed by atoms with E-state index in [9.17, 15) is 4.79 Å². The highest BCUT2D eigenvalue weighted by Gasteiger charge is 2.22. The average Bonchev–Trinajstić information content (AvgIpc) is 3.16. The Morgan fingerprint density at radius 2 is 2.41 bits per heavy atom. The van der Waals surface area contributed by atoms with Gasteiger partial charge in [-0.05, 0) is 49.8 Å². The lowest BCUT2D eigenvalue weighted by Gasteiger charge is -2.20. The number of aromatic nitrogens is 2. The first-order valence-corrected chi connectivity index (χ1v) is 8.87. The van der Waals surface area contributed by atoms with E-state index in [1.807, 2.05) is 28.8 Å². The molecule has 2 aromatic rings. The van der Waals surface area contributed by atoms with E-state index in [-0.39, 0.29) is 5.91 Å². The number of carbonyl (C=O) groups excluding carboxylic acids is 1. The van der Waals surface area contributed by atoms with Gasteiger partial charge in [-0.2, -0.15) is 5.10 Å². The van der Waals surface area contributed by atoms with Gasteiger partial charge in [0.15, 0.2) is 0 Å². The van der Waals surface area contributed by atoms with Crippen LogP contribution < -0.4 is 0 Å². The van der Waals surface area contributed by atoms with Crippen LogP contribution in [-0.2, 0) is 19.4 Å². The molecule has 1 atom stereocenters. The molecular weight excluding hydrogens is 294 g/mol. The number of amides is 1. The summed E-state index contributed by atoms with van der Waals surface area (Å²) in [6.07, 6.45) is 7.21. The lowest BCUT2D eigenvalue weighted by atomic mass is 9.90. The van der Waals surface area contributed by atoms with Crippen molar-refractivity contribution in [3.05, 3.63) is 39.8 Å². The summed E-state index contributed by atoms with van der Waals surface area (Å²) < 4.78 is 1.87. The highest BCUT2D eigenvalue weighted by molar-refractivity contribution is 7.14. The number of carbonyl (C=O) groups is 1. The van der Waals surface area contributed by atoms with Crippen molar-refractivity contribution in [3.63, 3.8) is 0 Å². The molecule has 0 unspecified atom stereocenters. The second-order valence-corrected chi connectivity index (χ2v) is 7.20. The first-order chi connectivity index (χ1) is 10.7. The van der Waals surface area contributed by atoms with Gasteiger partial charge in [-0.25, -0.2) is 0 Å². The third kappa shape index (κ3) is 3.24. The SMILES string of the molecule is CCN(CCn1cccn1)C(=O)c1cc2c(s1)CC[C@H](C)C2. The Morgan fingerprint density at radius 1 is 1.55 bits per heavy atom. The Balaban J connectivity index is 1.68. The lowest BCUT2D eigenvalue weighted by molar-refractivity contribution is 0.0762. The molecule has 118 valence electrons. The van der Waals surface area contributed by atoms with Crippen LogP contribution in [0.2, 0.25) is 0 Å². The van der Waals surface area contributed by atoms with Crippen molar-refractivity contribution in [2.75, 3.05) is 13.1 Å². The minimum atomic E-state index is 0.168. The first kappa shape index (κ1) is 15.3.